The fraction of sp³-hybridized carbons (Fsp3) is 0.300. The Bertz CT molecular complexity index is 440. The van der Waals surface area contributed by atoms with E-state index >= 15 is 0 Å². The van der Waals surface area contributed by atoms with Crippen LogP contribution in [0.1, 0.15) is 18.4 Å². The predicted octanol–water partition coefficient (Wildman–Crippen LogP) is 2.59. The molecule has 0 spiro atoms. The molecule has 0 aliphatic heterocycles. The van der Waals surface area contributed by atoms with Crippen LogP contribution < -0.4 is 0 Å². The third-order valence-electron chi connectivity index (χ3n) is 2.71. The molecule has 1 aliphatic rings. The monoisotopic (exact) mass is 269 g/mol. The molecule has 0 N–H and O–H groups in total. The lowest BCUT2D eigenvalue weighted by molar-refractivity contribution is -0.385. The summed E-state index contributed by atoms with van der Waals surface area (Å²) in [6.45, 7) is 0. The zero-order chi connectivity index (χ0) is 11.1. The van der Waals surface area contributed by atoms with Gasteiger partial charge in [0.05, 0.1) is 10.3 Å². The van der Waals surface area contributed by atoms with Gasteiger partial charge in [0, 0.05) is 16.1 Å². The van der Waals surface area contributed by atoms with Crippen molar-refractivity contribution in [2.75, 3.05) is 0 Å². The second kappa shape index (κ2) is 3.41. The normalized spacial score (nSPS) is 17.1. The summed E-state index contributed by atoms with van der Waals surface area (Å²) in [4.78, 5) is 21.3. The second-order valence-corrected chi connectivity index (χ2v) is 4.61. The smallest absolute Gasteiger partial charge is 0.274 e. The SMILES string of the molecule is O=CC1(c2ccc(Br)cc2[N+](=O)[O-])CC1. The molecule has 5 heteroatoms. The highest BCUT2D eigenvalue weighted by atomic mass is 79.9. The van der Waals surface area contributed by atoms with Crippen molar-refractivity contribution in [2.45, 2.75) is 18.3 Å². The van der Waals surface area contributed by atoms with Crippen LogP contribution in [0.5, 0.6) is 0 Å². The molecule has 15 heavy (non-hydrogen) atoms. The van der Waals surface area contributed by atoms with E-state index in [2.05, 4.69) is 15.9 Å². The summed E-state index contributed by atoms with van der Waals surface area (Å²) < 4.78 is 0.652. The third kappa shape index (κ3) is 1.67. The van der Waals surface area contributed by atoms with Gasteiger partial charge in [0.2, 0.25) is 0 Å². The molecular weight excluding hydrogens is 262 g/mol. The maximum absolute atomic E-state index is 10.9. The standard InChI is InChI=1S/C10H8BrNO3/c11-7-1-2-8(9(5-7)12(14)15)10(6-13)3-4-10/h1-2,5-6H,3-4H2. The third-order valence-corrected chi connectivity index (χ3v) is 3.20. The zero-order valence-electron chi connectivity index (χ0n) is 7.77. The van der Waals surface area contributed by atoms with Crippen molar-refractivity contribution < 1.29 is 9.72 Å². The highest BCUT2D eigenvalue weighted by molar-refractivity contribution is 9.10. The Balaban J connectivity index is 2.56. The van der Waals surface area contributed by atoms with Crippen LogP contribution in [0.3, 0.4) is 0 Å². The Kier molecular flexibility index (Phi) is 2.34. The number of carbonyl (C=O) groups is 1. The Morgan fingerprint density at radius 1 is 1.47 bits per heavy atom. The van der Waals surface area contributed by atoms with Gasteiger partial charge in [-0.3, -0.25) is 10.1 Å². The summed E-state index contributed by atoms with van der Waals surface area (Å²) >= 11 is 3.18. The minimum Gasteiger partial charge on any atom is -0.302 e. The van der Waals surface area contributed by atoms with E-state index in [4.69, 9.17) is 0 Å². The van der Waals surface area contributed by atoms with Gasteiger partial charge in [-0.05, 0) is 18.9 Å². The first-order chi connectivity index (χ1) is 7.09. The molecule has 1 aliphatic carbocycles. The average molecular weight is 270 g/mol. The second-order valence-electron chi connectivity index (χ2n) is 3.69. The van der Waals surface area contributed by atoms with E-state index in [0.717, 1.165) is 6.29 Å². The molecule has 0 atom stereocenters. The number of nitro groups is 1. The molecule has 1 saturated carbocycles. The molecule has 4 nitrogen and oxygen atoms in total. The van der Waals surface area contributed by atoms with Crippen molar-refractivity contribution in [3.63, 3.8) is 0 Å². The first-order valence-corrected chi connectivity index (χ1v) is 5.29. The van der Waals surface area contributed by atoms with Crippen LogP contribution in [0.25, 0.3) is 0 Å². The number of aldehydes is 1. The first-order valence-electron chi connectivity index (χ1n) is 4.50. The van der Waals surface area contributed by atoms with E-state index in [1.807, 2.05) is 0 Å². The summed E-state index contributed by atoms with van der Waals surface area (Å²) in [5.74, 6) is 0. The van der Waals surface area contributed by atoms with Gasteiger partial charge in [-0.25, -0.2) is 0 Å². The number of halogens is 1. The van der Waals surface area contributed by atoms with Gasteiger partial charge in [0.25, 0.3) is 5.69 Å². The molecule has 0 amide bonds. The van der Waals surface area contributed by atoms with Gasteiger partial charge in [0.15, 0.2) is 0 Å². The molecule has 0 bridgehead atoms. The van der Waals surface area contributed by atoms with E-state index in [-0.39, 0.29) is 5.69 Å². The molecule has 0 radical (unpaired) electrons. The highest BCUT2D eigenvalue weighted by Gasteiger charge is 2.48. The first kappa shape index (κ1) is 10.3. The number of hydrogen-bond acceptors (Lipinski definition) is 3. The van der Waals surface area contributed by atoms with Crippen LogP contribution in [-0.4, -0.2) is 11.2 Å². The number of carbonyl (C=O) groups excluding carboxylic acids is 1. The molecule has 0 unspecified atom stereocenters. The molecule has 0 heterocycles. The van der Waals surface area contributed by atoms with E-state index < -0.39 is 10.3 Å². The summed E-state index contributed by atoms with van der Waals surface area (Å²) in [6.07, 6.45) is 2.24. The minimum atomic E-state index is -0.594. The summed E-state index contributed by atoms with van der Waals surface area (Å²) in [5.41, 5.74) is -0.0389. The fourth-order valence-electron chi connectivity index (χ4n) is 1.66. The van der Waals surface area contributed by atoms with E-state index in [1.165, 1.54) is 6.07 Å². The van der Waals surface area contributed by atoms with E-state index in [9.17, 15) is 14.9 Å². The molecule has 1 fully saturated rings. The van der Waals surface area contributed by atoms with Crippen LogP contribution in [0.4, 0.5) is 5.69 Å². The average Bonchev–Trinajstić information content (AvgIpc) is 2.98. The number of rotatable bonds is 3. The quantitative estimate of drug-likeness (QED) is 0.482. The van der Waals surface area contributed by atoms with Gasteiger partial charge in [0.1, 0.15) is 6.29 Å². The van der Waals surface area contributed by atoms with Gasteiger partial charge in [-0.15, -0.1) is 0 Å². The molecule has 1 aromatic carbocycles. The van der Waals surface area contributed by atoms with Crippen molar-refractivity contribution >= 4 is 27.9 Å². The van der Waals surface area contributed by atoms with Crippen molar-refractivity contribution in [1.82, 2.24) is 0 Å². The number of benzene rings is 1. The molecule has 0 saturated heterocycles. The van der Waals surface area contributed by atoms with Crippen LogP contribution in [0, 0.1) is 10.1 Å². The Labute approximate surface area is 94.6 Å². The summed E-state index contributed by atoms with van der Waals surface area (Å²) in [5, 5.41) is 10.8. The molecule has 2 rings (SSSR count). The minimum absolute atomic E-state index is 0.0222. The van der Waals surface area contributed by atoms with Crippen LogP contribution in [-0.2, 0) is 10.2 Å². The molecule has 78 valence electrons. The van der Waals surface area contributed by atoms with Crippen LogP contribution >= 0.6 is 15.9 Å². The molecule has 1 aromatic rings. The highest BCUT2D eigenvalue weighted by Crippen LogP contribution is 2.49. The van der Waals surface area contributed by atoms with E-state index in [0.29, 0.717) is 22.9 Å². The predicted molar refractivity (Wildman–Crippen MR) is 57.8 cm³/mol. The molecule has 0 aromatic heterocycles. The molecular formula is C10H8BrNO3. The zero-order valence-corrected chi connectivity index (χ0v) is 9.36. The maximum Gasteiger partial charge on any atom is 0.274 e. The number of nitro benzene ring substituents is 1. The lowest BCUT2D eigenvalue weighted by atomic mass is 9.96. The largest absolute Gasteiger partial charge is 0.302 e. The van der Waals surface area contributed by atoms with Gasteiger partial charge < -0.3 is 4.79 Å². The van der Waals surface area contributed by atoms with Crippen molar-refractivity contribution in [3.8, 4) is 0 Å². The maximum atomic E-state index is 10.9. The van der Waals surface area contributed by atoms with Crippen LogP contribution in [0.2, 0.25) is 0 Å². The lowest BCUT2D eigenvalue weighted by Gasteiger charge is -2.08. The topological polar surface area (TPSA) is 60.2 Å². The van der Waals surface area contributed by atoms with Crippen molar-refractivity contribution in [1.29, 1.82) is 0 Å². The van der Waals surface area contributed by atoms with Gasteiger partial charge in [-0.2, -0.15) is 0 Å². The Morgan fingerprint density at radius 2 is 2.13 bits per heavy atom. The van der Waals surface area contributed by atoms with Crippen LogP contribution in [0.15, 0.2) is 22.7 Å². The summed E-state index contributed by atoms with van der Waals surface area (Å²) in [6, 6.07) is 4.83. The van der Waals surface area contributed by atoms with Gasteiger partial charge in [-0.1, -0.05) is 22.0 Å². The summed E-state index contributed by atoms with van der Waals surface area (Å²) in [7, 11) is 0. The van der Waals surface area contributed by atoms with Gasteiger partial charge >= 0.3 is 0 Å². The van der Waals surface area contributed by atoms with Crippen molar-refractivity contribution in [2.24, 2.45) is 0 Å². The Hall–Kier alpha value is -1.23. The van der Waals surface area contributed by atoms with E-state index in [1.54, 1.807) is 12.1 Å². The number of nitrogens with zero attached hydrogens (tertiary/aromatic N) is 1. The Morgan fingerprint density at radius 3 is 2.60 bits per heavy atom. The van der Waals surface area contributed by atoms with Crippen molar-refractivity contribution in [3.05, 3.63) is 38.3 Å². The number of hydrogen-bond donors (Lipinski definition) is 0. The fourth-order valence-corrected chi connectivity index (χ4v) is 2.01. The lowest BCUT2D eigenvalue weighted by Crippen LogP contribution is -2.10.